The molecule has 0 atom stereocenters. The highest BCUT2D eigenvalue weighted by Gasteiger charge is 2.55. The molecule has 1 saturated heterocycles. The SMILES string of the molecule is CC(C)(C)OC(=O)N1CCCN(C2(C(=O)O)CC2)CC1. The maximum absolute atomic E-state index is 12.0. The van der Waals surface area contributed by atoms with Crippen LogP contribution in [0.25, 0.3) is 0 Å². The Bertz CT molecular complexity index is 398. The first-order chi connectivity index (χ1) is 9.24. The molecule has 114 valence electrons. The van der Waals surface area contributed by atoms with Crippen LogP contribution in [0.3, 0.4) is 0 Å². The van der Waals surface area contributed by atoms with Crippen molar-refractivity contribution in [3.05, 3.63) is 0 Å². The van der Waals surface area contributed by atoms with Crippen molar-refractivity contribution in [2.45, 2.75) is 51.2 Å². The molecule has 1 heterocycles. The molecule has 0 bridgehead atoms. The summed E-state index contributed by atoms with van der Waals surface area (Å²) in [5.74, 6) is -0.733. The van der Waals surface area contributed by atoms with E-state index >= 15 is 0 Å². The Labute approximate surface area is 119 Å². The van der Waals surface area contributed by atoms with E-state index in [1.54, 1.807) is 4.90 Å². The number of amides is 1. The van der Waals surface area contributed by atoms with Crippen LogP contribution in [0.1, 0.15) is 40.0 Å². The summed E-state index contributed by atoms with van der Waals surface area (Å²) in [6, 6.07) is 0. The predicted octanol–water partition coefficient (Wildman–Crippen LogP) is 1.55. The lowest BCUT2D eigenvalue weighted by Crippen LogP contribution is -2.46. The number of carboxylic acids is 1. The fraction of sp³-hybridized carbons (Fsp3) is 0.857. The van der Waals surface area contributed by atoms with Crippen molar-refractivity contribution in [3.8, 4) is 0 Å². The van der Waals surface area contributed by atoms with Gasteiger partial charge in [0, 0.05) is 26.2 Å². The van der Waals surface area contributed by atoms with Crippen LogP contribution in [0, 0.1) is 0 Å². The molecule has 2 rings (SSSR count). The Kier molecular flexibility index (Phi) is 3.95. The van der Waals surface area contributed by atoms with Crippen LogP contribution in [-0.2, 0) is 9.53 Å². The van der Waals surface area contributed by atoms with E-state index in [4.69, 9.17) is 4.74 Å². The number of hydrogen-bond acceptors (Lipinski definition) is 4. The van der Waals surface area contributed by atoms with E-state index in [1.807, 2.05) is 25.7 Å². The fourth-order valence-corrected chi connectivity index (χ4v) is 2.64. The monoisotopic (exact) mass is 284 g/mol. The van der Waals surface area contributed by atoms with Crippen molar-refractivity contribution in [1.82, 2.24) is 9.80 Å². The zero-order chi connectivity index (χ0) is 15.0. The smallest absolute Gasteiger partial charge is 0.410 e. The second kappa shape index (κ2) is 5.24. The number of carbonyl (C=O) groups excluding carboxylic acids is 1. The Hall–Kier alpha value is -1.30. The maximum atomic E-state index is 12.0. The fourth-order valence-electron chi connectivity index (χ4n) is 2.64. The molecule has 0 radical (unpaired) electrons. The number of nitrogens with zero attached hydrogens (tertiary/aromatic N) is 2. The Morgan fingerprint density at radius 1 is 1.10 bits per heavy atom. The minimum absolute atomic E-state index is 0.306. The second-order valence-corrected chi connectivity index (χ2v) is 6.64. The average Bonchev–Trinajstić information content (AvgIpc) is 3.11. The summed E-state index contributed by atoms with van der Waals surface area (Å²) in [4.78, 5) is 27.1. The highest BCUT2D eigenvalue weighted by Crippen LogP contribution is 2.42. The van der Waals surface area contributed by atoms with Gasteiger partial charge >= 0.3 is 12.1 Å². The molecule has 0 aromatic heterocycles. The number of rotatable bonds is 2. The average molecular weight is 284 g/mol. The molecule has 6 heteroatoms. The van der Waals surface area contributed by atoms with E-state index in [9.17, 15) is 14.7 Å². The predicted molar refractivity (Wildman–Crippen MR) is 73.6 cm³/mol. The molecule has 1 saturated carbocycles. The van der Waals surface area contributed by atoms with Crippen molar-refractivity contribution in [2.24, 2.45) is 0 Å². The summed E-state index contributed by atoms with van der Waals surface area (Å²) in [5.41, 5.74) is -1.16. The van der Waals surface area contributed by atoms with E-state index < -0.39 is 17.1 Å². The normalized spacial score (nSPS) is 23.1. The van der Waals surface area contributed by atoms with Crippen LogP contribution in [0.15, 0.2) is 0 Å². The Morgan fingerprint density at radius 3 is 2.25 bits per heavy atom. The van der Waals surface area contributed by atoms with E-state index in [0.717, 1.165) is 25.8 Å². The van der Waals surface area contributed by atoms with Gasteiger partial charge in [0.1, 0.15) is 11.1 Å². The van der Waals surface area contributed by atoms with Crippen molar-refractivity contribution < 1.29 is 19.4 Å². The lowest BCUT2D eigenvalue weighted by Gasteiger charge is -2.28. The molecule has 1 N–H and O–H groups in total. The zero-order valence-electron chi connectivity index (χ0n) is 12.5. The van der Waals surface area contributed by atoms with Gasteiger partial charge in [-0.15, -0.1) is 0 Å². The first kappa shape index (κ1) is 15.1. The minimum atomic E-state index is -0.733. The van der Waals surface area contributed by atoms with Crippen LogP contribution in [0.5, 0.6) is 0 Å². The molecule has 1 amide bonds. The van der Waals surface area contributed by atoms with Crippen LogP contribution in [0.2, 0.25) is 0 Å². The van der Waals surface area contributed by atoms with Gasteiger partial charge in [0.05, 0.1) is 0 Å². The summed E-state index contributed by atoms with van der Waals surface area (Å²) in [5, 5.41) is 9.33. The molecule has 2 fully saturated rings. The van der Waals surface area contributed by atoms with Gasteiger partial charge in [0.25, 0.3) is 0 Å². The number of carboxylic acid groups (broad SMARTS) is 1. The van der Waals surface area contributed by atoms with Gasteiger partial charge in [0.15, 0.2) is 0 Å². The van der Waals surface area contributed by atoms with Gasteiger partial charge in [-0.25, -0.2) is 4.79 Å². The first-order valence-corrected chi connectivity index (χ1v) is 7.21. The molecule has 1 aliphatic carbocycles. The second-order valence-electron chi connectivity index (χ2n) is 6.64. The number of ether oxygens (including phenoxy) is 1. The number of carbonyl (C=O) groups is 2. The Balaban J connectivity index is 1.93. The van der Waals surface area contributed by atoms with E-state index in [2.05, 4.69) is 0 Å². The topological polar surface area (TPSA) is 70.1 Å². The highest BCUT2D eigenvalue weighted by molar-refractivity contribution is 5.82. The summed E-state index contributed by atoms with van der Waals surface area (Å²) in [6.45, 7) is 8.03. The molecule has 0 unspecified atom stereocenters. The molecule has 20 heavy (non-hydrogen) atoms. The van der Waals surface area contributed by atoms with Crippen molar-refractivity contribution in [2.75, 3.05) is 26.2 Å². The van der Waals surface area contributed by atoms with E-state index in [0.29, 0.717) is 19.6 Å². The maximum Gasteiger partial charge on any atom is 0.410 e. The number of hydrogen-bond donors (Lipinski definition) is 1. The van der Waals surface area contributed by atoms with Crippen LogP contribution < -0.4 is 0 Å². The molecule has 0 aromatic rings. The Morgan fingerprint density at radius 2 is 1.75 bits per heavy atom. The third kappa shape index (κ3) is 3.23. The third-order valence-electron chi connectivity index (χ3n) is 3.87. The van der Waals surface area contributed by atoms with Gasteiger partial charge in [-0.3, -0.25) is 9.69 Å². The molecule has 1 aliphatic heterocycles. The van der Waals surface area contributed by atoms with Crippen LogP contribution in [0.4, 0.5) is 4.79 Å². The molecule has 6 nitrogen and oxygen atoms in total. The van der Waals surface area contributed by atoms with Crippen LogP contribution in [-0.4, -0.2) is 64.3 Å². The summed E-state index contributed by atoms with van der Waals surface area (Å²) >= 11 is 0. The molecular weight excluding hydrogens is 260 g/mol. The third-order valence-corrected chi connectivity index (χ3v) is 3.87. The lowest BCUT2D eigenvalue weighted by atomic mass is 10.2. The highest BCUT2D eigenvalue weighted by atomic mass is 16.6. The molecule has 2 aliphatic rings. The summed E-state index contributed by atoms with van der Waals surface area (Å²) < 4.78 is 5.37. The quantitative estimate of drug-likeness (QED) is 0.833. The molecule has 0 aromatic carbocycles. The van der Waals surface area contributed by atoms with Crippen molar-refractivity contribution in [1.29, 1.82) is 0 Å². The van der Waals surface area contributed by atoms with Gasteiger partial charge in [-0.2, -0.15) is 0 Å². The van der Waals surface area contributed by atoms with Crippen molar-refractivity contribution >= 4 is 12.1 Å². The van der Waals surface area contributed by atoms with Gasteiger partial charge < -0.3 is 14.7 Å². The standard InChI is InChI=1S/C14H24N2O4/c1-13(2,3)20-12(19)15-7-4-8-16(10-9-15)14(5-6-14)11(17)18/h4-10H2,1-3H3,(H,17,18). The van der Waals surface area contributed by atoms with E-state index in [1.165, 1.54) is 0 Å². The zero-order valence-corrected chi connectivity index (χ0v) is 12.5. The van der Waals surface area contributed by atoms with Crippen LogP contribution >= 0.6 is 0 Å². The van der Waals surface area contributed by atoms with E-state index in [-0.39, 0.29) is 6.09 Å². The lowest BCUT2D eigenvalue weighted by molar-refractivity contribution is -0.145. The summed E-state index contributed by atoms with van der Waals surface area (Å²) in [7, 11) is 0. The van der Waals surface area contributed by atoms with Gasteiger partial charge in [-0.1, -0.05) is 0 Å². The van der Waals surface area contributed by atoms with Gasteiger partial charge in [0.2, 0.25) is 0 Å². The molecular formula is C14H24N2O4. The largest absolute Gasteiger partial charge is 0.480 e. The molecule has 0 spiro atoms. The van der Waals surface area contributed by atoms with Gasteiger partial charge in [-0.05, 0) is 40.0 Å². The summed E-state index contributed by atoms with van der Waals surface area (Å²) in [6.07, 6.45) is 1.91. The first-order valence-electron chi connectivity index (χ1n) is 7.21. The number of aliphatic carboxylic acids is 1. The minimum Gasteiger partial charge on any atom is -0.480 e. The van der Waals surface area contributed by atoms with Crippen molar-refractivity contribution in [3.63, 3.8) is 0 Å².